The summed E-state index contributed by atoms with van der Waals surface area (Å²) >= 11 is 1.60. The Bertz CT molecular complexity index is 996. The monoisotopic (exact) mass is 441 g/mol. The van der Waals surface area contributed by atoms with Gasteiger partial charge in [0.2, 0.25) is 0 Å². The van der Waals surface area contributed by atoms with Gasteiger partial charge in [-0.1, -0.05) is 30.3 Å². The molecule has 31 heavy (non-hydrogen) atoms. The summed E-state index contributed by atoms with van der Waals surface area (Å²) in [6, 6.07) is 16.9. The van der Waals surface area contributed by atoms with Gasteiger partial charge in [0, 0.05) is 48.3 Å². The molecule has 1 atom stereocenters. The van der Waals surface area contributed by atoms with Crippen LogP contribution in [-0.2, 0) is 10.2 Å². The topological polar surface area (TPSA) is 65.9 Å². The summed E-state index contributed by atoms with van der Waals surface area (Å²) in [7, 11) is 1.72. The lowest BCUT2D eigenvalue weighted by Crippen LogP contribution is -2.48. The van der Waals surface area contributed by atoms with Gasteiger partial charge in [0.05, 0.1) is 0 Å². The molecule has 5 nitrogen and oxygen atoms in total. The van der Waals surface area contributed by atoms with Crippen molar-refractivity contribution in [3.05, 3.63) is 70.9 Å². The fourth-order valence-corrected chi connectivity index (χ4v) is 5.12. The van der Waals surface area contributed by atoms with Gasteiger partial charge in [-0.05, 0) is 48.1 Å². The average molecular weight is 442 g/mol. The minimum absolute atomic E-state index is 0.145. The maximum Gasteiger partial charge on any atom is 0.191 e. The summed E-state index contributed by atoms with van der Waals surface area (Å²) < 4.78 is 20.2. The van der Waals surface area contributed by atoms with Crippen LogP contribution in [0.15, 0.2) is 59.6 Å². The number of aliphatic hydroxyl groups is 1. The molecule has 1 aliphatic rings. The molecule has 7 heteroatoms. The van der Waals surface area contributed by atoms with Gasteiger partial charge in [-0.25, -0.2) is 4.39 Å². The highest BCUT2D eigenvalue weighted by molar-refractivity contribution is 7.19. The van der Waals surface area contributed by atoms with Crippen molar-refractivity contribution in [2.24, 2.45) is 4.99 Å². The number of thiophene rings is 1. The molecule has 0 aliphatic carbocycles. The van der Waals surface area contributed by atoms with Crippen LogP contribution >= 0.6 is 11.3 Å². The lowest BCUT2D eigenvalue weighted by Gasteiger charge is -2.38. The summed E-state index contributed by atoms with van der Waals surface area (Å²) in [5.74, 6) is 0.403. The number of benzene rings is 2. The third-order valence-electron chi connectivity index (χ3n) is 5.96. The van der Waals surface area contributed by atoms with Crippen molar-refractivity contribution < 1.29 is 14.2 Å². The van der Waals surface area contributed by atoms with Crippen LogP contribution in [-0.4, -0.2) is 44.4 Å². The van der Waals surface area contributed by atoms with Gasteiger partial charge in [-0.2, -0.15) is 0 Å². The number of guanidine groups is 1. The van der Waals surface area contributed by atoms with Crippen LogP contribution in [0.3, 0.4) is 0 Å². The third kappa shape index (κ3) is 5.06. The van der Waals surface area contributed by atoms with E-state index < -0.39 is 6.10 Å². The lowest BCUT2D eigenvalue weighted by molar-refractivity contribution is 0.0513. The van der Waals surface area contributed by atoms with Gasteiger partial charge in [0.1, 0.15) is 11.9 Å². The van der Waals surface area contributed by atoms with Crippen LogP contribution in [0.5, 0.6) is 0 Å². The normalized spacial score (nSPS) is 17.5. The molecule has 3 N–H and O–H groups in total. The highest BCUT2D eigenvalue weighted by Crippen LogP contribution is 2.34. The molecular weight excluding hydrogens is 413 g/mol. The van der Waals surface area contributed by atoms with Crippen LogP contribution < -0.4 is 10.6 Å². The number of halogens is 1. The number of rotatable bonds is 6. The summed E-state index contributed by atoms with van der Waals surface area (Å²) in [5.41, 5.74) is 0.957. The molecule has 0 amide bonds. The number of ether oxygens (including phenoxy) is 1. The molecule has 1 aliphatic heterocycles. The van der Waals surface area contributed by atoms with E-state index in [4.69, 9.17) is 4.74 Å². The first-order valence-corrected chi connectivity index (χ1v) is 11.4. The second-order valence-corrected chi connectivity index (χ2v) is 9.02. The van der Waals surface area contributed by atoms with Crippen molar-refractivity contribution in [2.45, 2.75) is 24.4 Å². The molecule has 2 heterocycles. The van der Waals surface area contributed by atoms with Crippen molar-refractivity contribution in [1.29, 1.82) is 0 Å². The smallest absolute Gasteiger partial charge is 0.191 e. The first-order valence-electron chi connectivity index (χ1n) is 10.5. The zero-order valence-electron chi connectivity index (χ0n) is 17.6. The summed E-state index contributed by atoms with van der Waals surface area (Å²) in [6.45, 7) is 2.37. The van der Waals surface area contributed by atoms with Gasteiger partial charge in [0.25, 0.3) is 0 Å². The molecule has 1 unspecified atom stereocenters. The molecular formula is C24H28FN3O2S. The third-order valence-corrected chi connectivity index (χ3v) is 7.18. The van der Waals surface area contributed by atoms with E-state index in [-0.39, 0.29) is 11.2 Å². The summed E-state index contributed by atoms with van der Waals surface area (Å²) in [5, 5.41) is 18.4. The number of aliphatic hydroxyl groups excluding tert-OH is 1. The van der Waals surface area contributed by atoms with Crippen molar-refractivity contribution in [3.8, 4) is 0 Å². The first-order chi connectivity index (χ1) is 15.1. The Morgan fingerprint density at radius 2 is 1.90 bits per heavy atom. The average Bonchev–Trinajstić information content (AvgIpc) is 3.24. The van der Waals surface area contributed by atoms with E-state index in [1.165, 1.54) is 16.8 Å². The standard InChI is InChI=1S/C24H28FN3O2S/c1-26-23(27-15-20(29)22-14-17-4-2-3-5-21(17)31-22)28-16-24(10-12-30-13-11-24)18-6-8-19(25)9-7-18/h2-9,14,20,29H,10-13,15-16H2,1H3,(H2,26,27,28). The Morgan fingerprint density at radius 1 is 1.16 bits per heavy atom. The van der Waals surface area contributed by atoms with Crippen LogP contribution in [0, 0.1) is 5.82 Å². The van der Waals surface area contributed by atoms with Crippen molar-refractivity contribution >= 4 is 27.4 Å². The van der Waals surface area contributed by atoms with Crippen LogP contribution in [0.4, 0.5) is 4.39 Å². The number of hydrogen-bond donors (Lipinski definition) is 3. The molecule has 164 valence electrons. The van der Waals surface area contributed by atoms with Gasteiger partial charge in [-0.15, -0.1) is 11.3 Å². The van der Waals surface area contributed by atoms with E-state index in [9.17, 15) is 9.50 Å². The quantitative estimate of drug-likeness (QED) is 0.400. The number of nitrogens with one attached hydrogen (secondary N) is 2. The highest BCUT2D eigenvalue weighted by atomic mass is 32.1. The molecule has 0 spiro atoms. The molecule has 3 aromatic rings. The minimum Gasteiger partial charge on any atom is -0.386 e. The molecule has 0 bridgehead atoms. The van der Waals surface area contributed by atoms with Crippen molar-refractivity contribution in [2.75, 3.05) is 33.4 Å². The lowest BCUT2D eigenvalue weighted by atomic mass is 9.74. The van der Waals surface area contributed by atoms with Gasteiger partial charge in [-0.3, -0.25) is 4.99 Å². The van der Waals surface area contributed by atoms with E-state index in [1.807, 2.05) is 30.3 Å². The Kier molecular flexibility index (Phi) is 6.85. The molecule has 1 saturated heterocycles. The van der Waals surface area contributed by atoms with Crippen molar-refractivity contribution in [3.63, 3.8) is 0 Å². The Morgan fingerprint density at radius 3 is 2.61 bits per heavy atom. The summed E-state index contributed by atoms with van der Waals surface area (Å²) in [6.07, 6.45) is 1.09. The number of hydrogen-bond acceptors (Lipinski definition) is 4. The second kappa shape index (κ2) is 9.77. The number of nitrogens with zero attached hydrogens (tertiary/aromatic N) is 1. The Balaban J connectivity index is 1.39. The molecule has 2 aromatic carbocycles. The van der Waals surface area contributed by atoms with Crippen molar-refractivity contribution in [1.82, 2.24) is 10.6 Å². The maximum absolute atomic E-state index is 13.4. The zero-order chi connectivity index (χ0) is 21.7. The van der Waals surface area contributed by atoms with Crippen LogP contribution in [0.25, 0.3) is 10.1 Å². The largest absolute Gasteiger partial charge is 0.386 e. The minimum atomic E-state index is -0.620. The number of fused-ring (bicyclic) bond motifs is 1. The van der Waals surface area contributed by atoms with E-state index in [1.54, 1.807) is 18.4 Å². The molecule has 1 aromatic heterocycles. The van der Waals surface area contributed by atoms with Gasteiger partial charge < -0.3 is 20.5 Å². The zero-order valence-corrected chi connectivity index (χ0v) is 18.4. The van der Waals surface area contributed by atoms with Gasteiger partial charge in [0.15, 0.2) is 5.96 Å². The maximum atomic E-state index is 13.4. The molecule has 1 fully saturated rings. The Labute approximate surface area is 186 Å². The van der Waals surface area contributed by atoms with Crippen LogP contribution in [0.1, 0.15) is 29.4 Å². The first kappa shape index (κ1) is 21.7. The molecule has 4 rings (SSSR count). The number of aliphatic imine (C=N–C) groups is 1. The van der Waals surface area contributed by atoms with Gasteiger partial charge >= 0.3 is 0 Å². The van der Waals surface area contributed by atoms with Crippen LogP contribution in [0.2, 0.25) is 0 Å². The molecule has 0 saturated carbocycles. The Hall–Kier alpha value is -2.48. The predicted octanol–water partition coefficient (Wildman–Crippen LogP) is 3.99. The molecule has 0 radical (unpaired) electrons. The fraction of sp³-hybridized carbons (Fsp3) is 0.375. The van der Waals surface area contributed by atoms with E-state index >= 15 is 0 Å². The van der Waals surface area contributed by atoms with E-state index in [0.717, 1.165) is 28.7 Å². The highest BCUT2D eigenvalue weighted by Gasteiger charge is 2.34. The summed E-state index contributed by atoms with van der Waals surface area (Å²) in [4.78, 5) is 5.24. The van der Waals surface area contributed by atoms with E-state index in [2.05, 4.69) is 27.8 Å². The SMILES string of the molecule is CN=C(NCC(O)c1cc2ccccc2s1)NCC1(c2ccc(F)cc2)CCOCC1. The van der Waals surface area contributed by atoms with E-state index in [0.29, 0.717) is 32.3 Å². The second-order valence-electron chi connectivity index (χ2n) is 7.91. The fourth-order valence-electron chi connectivity index (χ4n) is 4.07. The predicted molar refractivity (Wildman–Crippen MR) is 124 cm³/mol.